The van der Waals surface area contributed by atoms with Crippen molar-refractivity contribution in [3.63, 3.8) is 0 Å². The Bertz CT molecular complexity index is 486. The van der Waals surface area contributed by atoms with Crippen molar-refractivity contribution < 1.29 is 14.3 Å². The zero-order chi connectivity index (χ0) is 15.3. The highest BCUT2D eigenvalue weighted by Crippen LogP contribution is 2.27. The predicted octanol–water partition coefficient (Wildman–Crippen LogP) is 0.451. The third-order valence-corrected chi connectivity index (χ3v) is 4.00. The van der Waals surface area contributed by atoms with Crippen LogP contribution in [0.15, 0.2) is 18.5 Å². The standard InChI is InChI=1S/C14H22N4O3.ClH/c1-3-11(12(19)21-2)17-13(20)14(5-8-15-9-6-14)18-10-4-7-16-18;/h4,7,10-11,15H,3,5-6,8-9H2,1-2H3,(H,17,20);1H. The van der Waals surface area contributed by atoms with Crippen LogP contribution in [-0.4, -0.2) is 47.9 Å². The van der Waals surface area contributed by atoms with Gasteiger partial charge in [0.05, 0.1) is 7.11 Å². The molecule has 2 rings (SSSR count). The van der Waals surface area contributed by atoms with Crippen LogP contribution in [-0.2, 0) is 19.9 Å². The van der Waals surface area contributed by atoms with Gasteiger partial charge in [-0.15, -0.1) is 12.4 Å². The average Bonchev–Trinajstić information content (AvgIpc) is 3.07. The van der Waals surface area contributed by atoms with E-state index in [-0.39, 0.29) is 18.3 Å². The number of amides is 1. The van der Waals surface area contributed by atoms with Crippen LogP contribution in [0, 0.1) is 0 Å². The highest BCUT2D eigenvalue weighted by molar-refractivity contribution is 5.89. The maximum atomic E-state index is 12.8. The van der Waals surface area contributed by atoms with E-state index in [0.717, 1.165) is 13.1 Å². The predicted molar refractivity (Wildman–Crippen MR) is 83.8 cm³/mol. The van der Waals surface area contributed by atoms with Crippen molar-refractivity contribution in [2.75, 3.05) is 20.2 Å². The molecule has 8 heteroatoms. The molecule has 0 aliphatic carbocycles. The highest BCUT2D eigenvalue weighted by Gasteiger charge is 2.43. The summed E-state index contributed by atoms with van der Waals surface area (Å²) in [7, 11) is 1.32. The normalized spacial score (nSPS) is 17.9. The molecule has 1 amide bonds. The molecule has 0 radical (unpaired) electrons. The number of ether oxygens (including phenoxy) is 1. The maximum absolute atomic E-state index is 12.8. The van der Waals surface area contributed by atoms with Gasteiger partial charge in [-0.3, -0.25) is 9.48 Å². The van der Waals surface area contributed by atoms with Crippen LogP contribution >= 0.6 is 12.4 Å². The molecular formula is C14H23ClN4O3. The van der Waals surface area contributed by atoms with Crippen molar-refractivity contribution >= 4 is 24.3 Å². The Morgan fingerprint density at radius 1 is 1.45 bits per heavy atom. The zero-order valence-corrected chi connectivity index (χ0v) is 13.7. The molecule has 124 valence electrons. The van der Waals surface area contributed by atoms with E-state index in [1.54, 1.807) is 23.1 Å². The van der Waals surface area contributed by atoms with E-state index in [9.17, 15) is 9.59 Å². The van der Waals surface area contributed by atoms with Gasteiger partial charge in [0.2, 0.25) is 5.91 Å². The van der Waals surface area contributed by atoms with Gasteiger partial charge in [-0.1, -0.05) is 6.92 Å². The summed E-state index contributed by atoms with van der Waals surface area (Å²) < 4.78 is 6.43. The largest absolute Gasteiger partial charge is 0.467 e. The van der Waals surface area contributed by atoms with Crippen LogP contribution in [0.2, 0.25) is 0 Å². The van der Waals surface area contributed by atoms with Gasteiger partial charge in [-0.25, -0.2) is 4.79 Å². The fraction of sp³-hybridized carbons (Fsp3) is 0.643. The number of methoxy groups -OCH3 is 1. The minimum absolute atomic E-state index is 0. The zero-order valence-electron chi connectivity index (χ0n) is 12.9. The SMILES string of the molecule is CCC(NC(=O)C1(n2cccn2)CCNCC1)C(=O)OC.Cl. The molecule has 1 aromatic rings. The first kappa shape index (κ1) is 18.4. The number of aromatic nitrogens is 2. The molecule has 1 fully saturated rings. The Kier molecular flexibility index (Phi) is 6.83. The van der Waals surface area contributed by atoms with Crippen LogP contribution < -0.4 is 10.6 Å². The highest BCUT2D eigenvalue weighted by atomic mass is 35.5. The first-order valence-electron chi connectivity index (χ1n) is 7.23. The number of nitrogens with one attached hydrogen (secondary N) is 2. The maximum Gasteiger partial charge on any atom is 0.328 e. The summed E-state index contributed by atoms with van der Waals surface area (Å²) in [5, 5.41) is 10.3. The lowest BCUT2D eigenvalue weighted by Gasteiger charge is -2.37. The van der Waals surface area contributed by atoms with Gasteiger partial charge >= 0.3 is 5.97 Å². The number of rotatable bonds is 5. The van der Waals surface area contributed by atoms with Gasteiger partial charge in [0, 0.05) is 12.4 Å². The van der Waals surface area contributed by atoms with Crippen molar-refractivity contribution in [2.24, 2.45) is 0 Å². The van der Waals surface area contributed by atoms with Gasteiger partial charge in [-0.2, -0.15) is 5.10 Å². The van der Waals surface area contributed by atoms with Crippen LogP contribution in [0.25, 0.3) is 0 Å². The van der Waals surface area contributed by atoms with E-state index < -0.39 is 17.6 Å². The molecule has 1 unspecified atom stereocenters. The molecular weight excluding hydrogens is 308 g/mol. The van der Waals surface area contributed by atoms with Gasteiger partial charge in [0.1, 0.15) is 11.6 Å². The third-order valence-electron chi connectivity index (χ3n) is 4.00. The fourth-order valence-corrected chi connectivity index (χ4v) is 2.69. The number of hydrogen-bond donors (Lipinski definition) is 2. The van der Waals surface area contributed by atoms with Gasteiger partial charge < -0.3 is 15.4 Å². The van der Waals surface area contributed by atoms with Crippen molar-refractivity contribution in [1.82, 2.24) is 20.4 Å². The monoisotopic (exact) mass is 330 g/mol. The smallest absolute Gasteiger partial charge is 0.328 e. The molecule has 1 saturated heterocycles. The number of hydrogen-bond acceptors (Lipinski definition) is 5. The van der Waals surface area contributed by atoms with Crippen LogP contribution in [0.3, 0.4) is 0 Å². The van der Waals surface area contributed by atoms with E-state index in [1.807, 2.05) is 6.92 Å². The summed E-state index contributed by atoms with van der Waals surface area (Å²) in [5.74, 6) is -0.597. The molecule has 0 aromatic carbocycles. The number of nitrogens with zero attached hydrogens (tertiary/aromatic N) is 2. The molecule has 1 aromatic heterocycles. The molecule has 0 spiro atoms. The molecule has 1 aliphatic heterocycles. The Hall–Kier alpha value is -1.60. The molecule has 1 atom stereocenters. The summed E-state index contributed by atoms with van der Waals surface area (Å²) in [6.07, 6.45) is 5.22. The second kappa shape index (κ2) is 8.14. The molecule has 22 heavy (non-hydrogen) atoms. The van der Waals surface area contributed by atoms with Gasteiger partial charge in [-0.05, 0) is 38.4 Å². The number of halogens is 1. The summed E-state index contributed by atoms with van der Waals surface area (Å²) in [6.45, 7) is 3.31. The first-order valence-corrected chi connectivity index (χ1v) is 7.23. The third kappa shape index (κ3) is 3.59. The van der Waals surface area contributed by atoms with E-state index in [4.69, 9.17) is 4.74 Å². The van der Waals surface area contributed by atoms with Crippen molar-refractivity contribution in [3.05, 3.63) is 18.5 Å². The quantitative estimate of drug-likeness (QED) is 0.766. The van der Waals surface area contributed by atoms with Crippen LogP contribution in [0.1, 0.15) is 26.2 Å². The summed E-state index contributed by atoms with van der Waals surface area (Å²) in [5.41, 5.74) is -0.740. The number of carbonyl (C=O) groups is 2. The lowest BCUT2D eigenvalue weighted by atomic mass is 9.87. The Labute approximate surface area is 136 Å². The van der Waals surface area contributed by atoms with Gasteiger partial charge in [0.25, 0.3) is 0 Å². The van der Waals surface area contributed by atoms with Crippen LogP contribution in [0.4, 0.5) is 0 Å². The fourth-order valence-electron chi connectivity index (χ4n) is 2.69. The first-order chi connectivity index (χ1) is 10.1. The molecule has 2 heterocycles. The summed E-state index contributed by atoms with van der Waals surface area (Å²) >= 11 is 0. The lowest BCUT2D eigenvalue weighted by Crippen LogP contribution is -2.57. The van der Waals surface area contributed by atoms with Gasteiger partial charge in [0.15, 0.2) is 0 Å². The Morgan fingerprint density at radius 3 is 2.64 bits per heavy atom. The number of esters is 1. The summed E-state index contributed by atoms with van der Waals surface area (Å²) in [4.78, 5) is 24.5. The molecule has 0 bridgehead atoms. The molecule has 1 aliphatic rings. The van der Waals surface area contributed by atoms with E-state index in [2.05, 4.69) is 15.7 Å². The Morgan fingerprint density at radius 2 is 2.14 bits per heavy atom. The van der Waals surface area contributed by atoms with Crippen molar-refractivity contribution in [1.29, 1.82) is 0 Å². The second-order valence-corrected chi connectivity index (χ2v) is 5.19. The van der Waals surface area contributed by atoms with Crippen molar-refractivity contribution in [2.45, 2.75) is 37.8 Å². The minimum Gasteiger partial charge on any atom is -0.467 e. The minimum atomic E-state index is -0.740. The molecule has 2 N–H and O–H groups in total. The molecule has 0 saturated carbocycles. The number of carbonyl (C=O) groups excluding carboxylic acids is 2. The number of piperidine rings is 1. The van der Waals surface area contributed by atoms with E-state index >= 15 is 0 Å². The summed E-state index contributed by atoms with van der Waals surface area (Å²) in [6, 6.07) is 1.18. The van der Waals surface area contributed by atoms with Crippen LogP contribution in [0.5, 0.6) is 0 Å². The van der Waals surface area contributed by atoms with E-state index in [1.165, 1.54) is 7.11 Å². The lowest BCUT2D eigenvalue weighted by molar-refractivity contribution is -0.147. The topological polar surface area (TPSA) is 85.3 Å². The molecule has 7 nitrogen and oxygen atoms in total. The van der Waals surface area contributed by atoms with E-state index in [0.29, 0.717) is 19.3 Å². The average molecular weight is 331 g/mol. The van der Waals surface area contributed by atoms with Crippen molar-refractivity contribution in [3.8, 4) is 0 Å². The Balaban J connectivity index is 0.00000242. The second-order valence-electron chi connectivity index (χ2n) is 5.19.